The van der Waals surface area contributed by atoms with Gasteiger partial charge in [-0.2, -0.15) is 0 Å². The first-order valence-corrected chi connectivity index (χ1v) is 5.43. The number of carbonyl (C=O) groups is 1. The van der Waals surface area contributed by atoms with E-state index in [-0.39, 0.29) is 6.47 Å². The molecule has 94 valence electrons. The van der Waals surface area contributed by atoms with Gasteiger partial charge in [0.1, 0.15) is 5.75 Å². The van der Waals surface area contributed by atoms with Crippen molar-refractivity contribution in [1.82, 2.24) is 0 Å². The van der Waals surface area contributed by atoms with E-state index in [2.05, 4.69) is 19.2 Å². The number of allylic oxidation sites excluding steroid dienone is 1. The Balaban J connectivity index is 0.000000770. The Morgan fingerprint density at radius 3 is 2.35 bits per heavy atom. The Hall–Kier alpha value is -1.97. The van der Waals surface area contributed by atoms with Gasteiger partial charge in [-0.05, 0) is 43.8 Å². The fourth-order valence-corrected chi connectivity index (χ4v) is 1.23. The summed E-state index contributed by atoms with van der Waals surface area (Å²) in [6.07, 6.45) is 4.29. The lowest BCUT2D eigenvalue weighted by molar-refractivity contribution is -0.122. The van der Waals surface area contributed by atoms with Crippen LogP contribution in [0.25, 0.3) is 0 Å². The van der Waals surface area contributed by atoms with Gasteiger partial charge < -0.3 is 15.5 Å². The lowest BCUT2D eigenvalue weighted by atomic mass is 10.2. The Kier molecular flexibility index (Phi) is 8.20. The summed E-state index contributed by atoms with van der Waals surface area (Å²) >= 11 is 0. The van der Waals surface area contributed by atoms with E-state index < -0.39 is 0 Å². The van der Waals surface area contributed by atoms with E-state index >= 15 is 0 Å². The standard InChI is InChI=1S/C12H17NO.CH2O2/c1-3-4-10(2)9-13-11-5-7-12(14)8-6-11;2-1-3/h5-9,13-14H,3-4H2,1-2H3;1H,(H,2,3)/b10-9+;. The van der Waals surface area contributed by atoms with Gasteiger partial charge in [0.2, 0.25) is 0 Å². The van der Waals surface area contributed by atoms with Crippen molar-refractivity contribution in [2.24, 2.45) is 0 Å². The second kappa shape index (κ2) is 9.27. The average Bonchev–Trinajstić information content (AvgIpc) is 2.30. The Morgan fingerprint density at radius 1 is 1.35 bits per heavy atom. The molecule has 0 bridgehead atoms. The third-order valence-corrected chi connectivity index (χ3v) is 2.00. The summed E-state index contributed by atoms with van der Waals surface area (Å²) in [6.45, 7) is 4.02. The minimum Gasteiger partial charge on any atom is -0.508 e. The van der Waals surface area contributed by atoms with Gasteiger partial charge in [-0.1, -0.05) is 18.9 Å². The minimum absolute atomic E-state index is 0.250. The van der Waals surface area contributed by atoms with Gasteiger partial charge in [0.15, 0.2) is 0 Å². The number of phenols is 1. The molecule has 0 atom stereocenters. The molecule has 1 rings (SSSR count). The van der Waals surface area contributed by atoms with Crippen molar-refractivity contribution in [3.05, 3.63) is 36.0 Å². The number of anilines is 1. The van der Waals surface area contributed by atoms with Crippen LogP contribution in [-0.4, -0.2) is 16.7 Å². The number of nitrogens with one attached hydrogen (secondary N) is 1. The van der Waals surface area contributed by atoms with Crippen LogP contribution in [-0.2, 0) is 4.79 Å². The molecule has 3 N–H and O–H groups in total. The van der Waals surface area contributed by atoms with Crippen LogP contribution < -0.4 is 5.32 Å². The zero-order valence-electron chi connectivity index (χ0n) is 10.2. The number of hydrogen-bond donors (Lipinski definition) is 3. The first kappa shape index (κ1) is 15.0. The van der Waals surface area contributed by atoms with Gasteiger partial charge in [0.05, 0.1) is 0 Å². The van der Waals surface area contributed by atoms with Crippen molar-refractivity contribution in [1.29, 1.82) is 0 Å². The Bertz CT molecular complexity index is 344. The van der Waals surface area contributed by atoms with E-state index in [9.17, 15) is 0 Å². The number of phenolic OH excluding ortho intramolecular Hbond substituents is 1. The number of benzene rings is 1. The smallest absolute Gasteiger partial charge is 0.290 e. The molecule has 0 radical (unpaired) electrons. The highest BCUT2D eigenvalue weighted by Gasteiger charge is 1.90. The van der Waals surface area contributed by atoms with E-state index in [1.165, 1.54) is 12.0 Å². The summed E-state index contributed by atoms with van der Waals surface area (Å²) in [5, 5.41) is 19.1. The van der Waals surface area contributed by atoms with Crippen molar-refractivity contribution in [2.45, 2.75) is 26.7 Å². The van der Waals surface area contributed by atoms with Gasteiger partial charge in [-0.15, -0.1) is 0 Å². The van der Waals surface area contributed by atoms with Crippen molar-refractivity contribution < 1.29 is 15.0 Å². The molecule has 1 aromatic rings. The zero-order chi connectivity index (χ0) is 13.1. The highest BCUT2D eigenvalue weighted by Crippen LogP contribution is 2.14. The zero-order valence-corrected chi connectivity index (χ0v) is 10.2. The molecule has 0 unspecified atom stereocenters. The number of rotatable bonds is 4. The number of carboxylic acid groups (broad SMARTS) is 1. The SMILES string of the molecule is CCC/C(C)=C/Nc1ccc(O)cc1.O=CO. The molecule has 0 aliphatic carbocycles. The quantitative estimate of drug-likeness (QED) is 0.555. The van der Waals surface area contributed by atoms with Crippen LogP contribution in [0.3, 0.4) is 0 Å². The molecule has 0 fully saturated rings. The number of aromatic hydroxyl groups is 1. The van der Waals surface area contributed by atoms with Crippen LogP contribution in [0, 0.1) is 0 Å². The molecule has 4 nitrogen and oxygen atoms in total. The molecule has 0 heterocycles. The van der Waals surface area contributed by atoms with Crippen molar-refractivity contribution >= 4 is 12.2 Å². The summed E-state index contributed by atoms with van der Waals surface area (Å²) in [5.41, 5.74) is 2.33. The van der Waals surface area contributed by atoms with Gasteiger partial charge in [0, 0.05) is 5.69 Å². The fraction of sp³-hybridized carbons (Fsp3) is 0.308. The van der Waals surface area contributed by atoms with Crippen molar-refractivity contribution in [3.63, 3.8) is 0 Å². The second-order valence-corrected chi connectivity index (χ2v) is 3.54. The summed E-state index contributed by atoms with van der Waals surface area (Å²) in [4.78, 5) is 8.36. The molecule has 0 saturated carbocycles. The van der Waals surface area contributed by atoms with Crippen molar-refractivity contribution in [2.75, 3.05) is 5.32 Å². The van der Waals surface area contributed by atoms with Crippen LogP contribution >= 0.6 is 0 Å². The maximum absolute atomic E-state index is 9.08. The molecule has 0 amide bonds. The van der Waals surface area contributed by atoms with Gasteiger partial charge in [-0.25, -0.2) is 0 Å². The predicted molar refractivity (Wildman–Crippen MR) is 69.1 cm³/mol. The average molecular weight is 237 g/mol. The molecule has 17 heavy (non-hydrogen) atoms. The van der Waals surface area contributed by atoms with E-state index in [0.717, 1.165) is 12.1 Å². The first-order chi connectivity index (χ1) is 8.13. The fourth-order valence-electron chi connectivity index (χ4n) is 1.23. The summed E-state index contributed by atoms with van der Waals surface area (Å²) in [7, 11) is 0. The maximum atomic E-state index is 9.08. The Labute approximate surface area is 102 Å². The summed E-state index contributed by atoms with van der Waals surface area (Å²) < 4.78 is 0. The normalized spacial score (nSPS) is 10.1. The third kappa shape index (κ3) is 7.90. The first-order valence-electron chi connectivity index (χ1n) is 5.43. The number of hydrogen-bond acceptors (Lipinski definition) is 3. The Morgan fingerprint density at radius 2 is 1.88 bits per heavy atom. The van der Waals surface area contributed by atoms with Crippen LogP contribution in [0.15, 0.2) is 36.0 Å². The predicted octanol–water partition coefficient (Wildman–Crippen LogP) is 3.21. The van der Waals surface area contributed by atoms with Crippen molar-refractivity contribution in [3.8, 4) is 5.75 Å². The second-order valence-electron chi connectivity index (χ2n) is 3.54. The summed E-state index contributed by atoms with van der Waals surface area (Å²) in [6, 6.07) is 7.05. The van der Waals surface area contributed by atoms with Gasteiger partial charge in [-0.3, -0.25) is 4.79 Å². The highest BCUT2D eigenvalue weighted by molar-refractivity contribution is 5.48. The van der Waals surface area contributed by atoms with E-state index in [4.69, 9.17) is 15.0 Å². The molecule has 1 aromatic carbocycles. The largest absolute Gasteiger partial charge is 0.508 e. The van der Waals surface area contributed by atoms with E-state index in [1.807, 2.05) is 18.3 Å². The van der Waals surface area contributed by atoms with Crippen LogP contribution in [0.2, 0.25) is 0 Å². The lowest BCUT2D eigenvalue weighted by Gasteiger charge is -2.03. The van der Waals surface area contributed by atoms with Crippen LogP contribution in [0.4, 0.5) is 5.69 Å². The molecule has 0 saturated heterocycles. The monoisotopic (exact) mass is 237 g/mol. The maximum Gasteiger partial charge on any atom is 0.290 e. The molecule has 4 heteroatoms. The minimum atomic E-state index is -0.250. The topological polar surface area (TPSA) is 69.6 Å². The molecule has 0 spiro atoms. The molecule has 0 aromatic heterocycles. The third-order valence-electron chi connectivity index (χ3n) is 2.00. The highest BCUT2D eigenvalue weighted by atomic mass is 16.3. The lowest BCUT2D eigenvalue weighted by Crippen LogP contribution is -1.89. The molecular formula is C13H19NO3. The van der Waals surface area contributed by atoms with E-state index in [1.54, 1.807) is 12.1 Å². The molecule has 0 aliphatic rings. The van der Waals surface area contributed by atoms with Gasteiger partial charge >= 0.3 is 0 Å². The molecule has 0 aliphatic heterocycles. The van der Waals surface area contributed by atoms with Crippen LogP contribution in [0.1, 0.15) is 26.7 Å². The van der Waals surface area contributed by atoms with Gasteiger partial charge in [0.25, 0.3) is 6.47 Å². The molecular weight excluding hydrogens is 218 g/mol. The summed E-state index contributed by atoms with van der Waals surface area (Å²) in [5.74, 6) is 0.296. The van der Waals surface area contributed by atoms with Crippen LogP contribution in [0.5, 0.6) is 5.75 Å². The van der Waals surface area contributed by atoms with E-state index in [0.29, 0.717) is 5.75 Å².